The molecule has 0 spiro atoms. The van der Waals surface area contributed by atoms with Crippen LogP contribution in [0.1, 0.15) is 16.7 Å². The van der Waals surface area contributed by atoms with Gasteiger partial charge in [-0.25, -0.2) is 4.68 Å². The molecule has 0 N–H and O–H groups in total. The Hall–Kier alpha value is -2.47. The number of benzene rings is 3. The highest BCUT2D eigenvalue weighted by Gasteiger charge is 2.14. The molecule has 0 aliphatic carbocycles. The van der Waals surface area contributed by atoms with Crippen LogP contribution in [-0.2, 0) is 18.1 Å². The van der Waals surface area contributed by atoms with E-state index >= 15 is 0 Å². The second-order valence-corrected chi connectivity index (χ2v) is 9.41. The molecule has 0 amide bonds. The summed E-state index contributed by atoms with van der Waals surface area (Å²) in [5, 5.41) is 5.14. The van der Waals surface area contributed by atoms with Crippen molar-refractivity contribution in [3.8, 4) is 0 Å². The van der Waals surface area contributed by atoms with Crippen LogP contribution in [0.5, 0.6) is 0 Å². The largest absolute Gasteiger partial charge is 0.281 e. The molecule has 3 nitrogen and oxygen atoms in total. The van der Waals surface area contributed by atoms with Gasteiger partial charge in [0.2, 0.25) is 0 Å². The summed E-state index contributed by atoms with van der Waals surface area (Å²) in [6.07, 6.45) is 1.82. The molecule has 0 bridgehead atoms. The number of rotatable bonds is 8. The van der Waals surface area contributed by atoms with Gasteiger partial charge in [-0.3, -0.25) is 4.79 Å². The highest BCUT2D eigenvalue weighted by Crippen LogP contribution is 2.31. The third kappa shape index (κ3) is 6.03. The van der Waals surface area contributed by atoms with E-state index in [1.807, 2.05) is 66.9 Å². The van der Waals surface area contributed by atoms with Crippen LogP contribution in [0.15, 0.2) is 106 Å². The predicted molar refractivity (Wildman–Crippen MR) is 131 cm³/mol. The molecule has 0 aliphatic heterocycles. The molecule has 1 heterocycles. The highest BCUT2D eigenvalue weighted by atomic mass is 35.5. The van der Waals surface area contributed by atoms with Crippen molar-refractivity contribution in [3.63, 3.8) is 0 Å². The van der Waals surface area contributed by atoms with Crippen LogP contribution in [0.25, 0.3) is 0 Å². The van der Waals surface area contributed by atoms with Gasteiger partial charge in [0.05, 0.1) is 17.6 Å². The Labute approximate surface area is 195 Å². The standard InChI is InChI=1S/C25H21ClN2OS2/c26-22-13-11-19(12-14-22)16-28-25(29)24(31-18-21-9-5-2-6-10-21)23(15-27-28)30-17-20-7-3-1-4-8-20/h1-15H,16-18H2. The summed E-state index contributed by atoms with van der Waals surface area (Å²) in [5.74, 6) is 1.53. The van der Waals surface area contributed by atoms with Gasteiger partial charge in [-0.2, -0.15) is 5.10 Å². The van der Waals surface area contributed by atoms with Crippen LogP contribution < -0.4 is 5.56 Å². The summed E-state index contributed by atoms with van der Waals surface area (Å²) in [5.41, 5.74) is 3.33. The van der Waals surface area contributed by atoms with E-state index in [4.69, 9.17) is 11.6 Å². The molecule has 31 heavy (non-hydrogen) atoms. The van der Waals surface area contributed by atoms with Gasteiger partial charge in [-0.1, -0.05) is 84.4 Å². The van der Waals surface area contributed by atoms with E-state index in [9.17, 15) is 4.79 Å². The Morgan fingerprint density at radius 1 is 0.742 bits per heavy atom. The van der Waals surface area contributed by atoms with Crippen molar-refractivity contribution in [2.24, 2.45) is 0 Å². The average molecular weight is 465 g/mol. The minimum absolute atomic E-state index is 0.0612. The molecule has 156 valence electrons. The van der Waals surface area contributed by atoms with Crippen LogP contribution in [0.3, 0.4) is 0 Å². The Kier molecular flexibility index (Phi) is 7.52. The number of nitrogens with zero attached hydrogens (tertiary/aromatic N) is 2. The summed E-state index contributed by atoms with van der Waals surface area (Å²) in [6, 6.07) is 28.0. The Bertz CT molecular complexity index is 1180. The zero-order valence-corrected chi connectivity index (χ0v) is 19.2. The molecule has 1 aromatic heterocycles. The lowest BCUT2D eigenvalue weighted by atomic mass is 10.2. The maximum absolute atomic E-state index is 13.3. The Morgan fingerprint density at radius 3 is 1.94 bits per heavy atom. The predicted octanol–water partition coefficient (Wildman–Crippen LogP) is 6.53. The molecular formula is C25H21ClN2OS2. The fourth-order valence-corrected chi connectivity index (χ4v) is 5.29. The minimum atomic E-state index is -0.0612. The summed E-state index contributed by atoms with van der Waals surface area (Å²) in [6.45, 7) is 0.415. The van der Waals surface area contributed by atoms with Gasteiger partial charge in [0.25, 0.3) is 5.56 Å². The molecule has 0 unspecified atom stereocenters. The normalized spacial score (nSPS) is 10.9. The summed E-state index contributed by atoms with van der Waals surface area (Å²) >= 11 is 9.21. The van der Waals surface area contributed by atoms with E-state index in [1.54, 1.807) is 23.5 Å². The highest BCUT2D eigenvalue weighted by molar-refractivity contribution is 8.01. The fourth-order valence-electron chi connectivity index (χ4n) is 3.03. The van der Waals surface area contributed by atoms with E-state index < -0.39 is 0 Å². The Morgan fingerprint density at radius 2 is 1.32 bits per heavy atom. The van der Waals surface area contributed by atoms with Gasteiger partial charge in [-0.05, 0) is 28.8 Å². The van der Waals surface area contributed by atoms with Crippen LogP contribution in [0, 0.1) is 0 Å². The summed E-state index contributed by atoms with van der Waals surface area (Å²) < 4.78 is 1.53. The quantitative estimate of drug-likeness (QED) is 0.278. The number of hydrogen-bond donors (Lipinski definition) is 0. The van der Waals surface area contributed by atoms with Crippen molar-refractivity contribution in [1.29, 1.82) is 0 Å². The van der Waals surface area contributed by atoms with Gasteiger partial charge in [0, 0.05) is 21.4 Å². The maximum atomic E-state index is 13.3. The molecule has 4 rings (SSSR count). The number of thioether (sulfide) groups is 2. The second kappa shape index (κ2) is 10.7. The molecule has 0 fully saturated rings. The van der Waals surface area contributed by atoms with Crippen molar-refractivity contribution >= 4 is 35.1 Å². The molecule has 0 aliphatic rings. The second-order valence-electron chi connectivity index (χ2n) is 6.98. The van der Waals surface area contributed by atoms with Gasteiger partial charge < -0.3 is 0 Å². The lowest BCUT2D eigenvalue weighted by Crippen LogP contribution is -2.25. The molecular weight excluding hydrogens is 444 g/mol. The molecule has 0 radical (unpaired) electrons. The first-order valence-corrected chi connectivity index (χ1v) is 12.2. The lowest BCUT2D eigenvalue weighted by molar-refractivity contribution is 0.612. The Balaban J connectivity index is 1.60. The number of hydrogen-bond acceptors (Lipinski definition) is 4. The number of halogens is 1. The fraction of sp³-hybridized carbons (Fsp3) is 0.120. The van der Waals surface area contributed by atoms with Crippen LogP contribution in [-0.4, -0.2) is 9.78 Å². The topological polar surface area (TPSA) is 34.9 Å². The van der Waals surface area contributed by atoms with Gasteiger partial charge >= 0.3 is 0 Å². The van der Waals surface area contributed by atoms with Gasteiger partial charge in [0.1, 0.15) is 0 Å². The van der Waals surface area contributed by atoms with Crippen LogP contribution in [0.4, 0.5) is 0 Å². The van der Waals surface area contributed by atoms with Crippen molar-refractivity contribution in [1.82, 2.24) is 9.78 Å². The third-order valence-corrected chi connectivity index (χ3v) is 7.32. The van der Waals surface area contributed by atoms with Crippen molar-refractivity contribution < 1.29 is 0 Å². The van der Waals surface area contributed by atoms with Gasteiger partial charge in [0.15, 0.2) is 0 Å². The smallest absolute Gasteiger partial charge is 0.266 e. The first kappa shape index (κ1) is 21.8. The summed E-state index contributed by atoms with van der Waals surface area (Å²) in [7, 11) is 0. The first-order valence-electron chi connectivity index (χ1n) is 9.87. The van der Waals surface area contributed by atoms with Crippen LogP contribution in [0.2, 0.25) is 5.02 Å². The number of aromatic nitrogens is 2. The molecule has 0 saturated carbocycles. The van der Waals surface area contributed by atoms with E-state index in [1.165, 1.54) is 15.8 Å². The average Bonchev–Trinajstić information content (AvgIpc) is 2.81. The molecule has 0 saturated heterocycles. The zero-order valence-electron chi connectivity index (χ0n) is 16.8. The third-order valence-electron chi connectivity index (χ3n) is 4.68. The maximum Gasteiger partial charge on any atom is 0.281 e. The molecule has 0 atom stereocenters. The van der Waals surface area contributed by atoms with Crippen LogP contribution >= 0.6 is 35.1 Å². The van der Waals surface area contributed by atoms with E-state index in [0.717, 1.165) is 26.9 Å². The first-order chi connectivity index (χ1) is 15.2. The van der Waals surface area contributed by atoms with Crippen molar-refractivity contribution in [3.05, 3.63) is 123 Å². The SMILES string of the molecule is O=c1c(SCc2ccccc2)c(SCc2ccccc2)cnn1Cc1ccc(Cl)cc1. The van der Waals surface area contributed by atoms with E-state index in [-0.39, 0.29) is 5.56 Å². The lowest BCUT2D eigenvalue weighted by Gasteiger charge is -2.12. The van der Waals surface area contributed by atoms with E-state index in [2.05, 4.69) is 29.4 Å². The van der Waals surface area contributed by atoms with Crippen molar-refractivity contribution in [2.45, 2.75) is 27.8 Å². The minimum Gasteiger partial charge on any atom is -0.266 e. The zero-order chi connectivity index (χ0) is 21.5. The molecule has 4 aromatic rings. The van der Waals surface area contributed by atoms with Gasteiger partial charge in [-0.15, -0.1) is 23.5 Å². The molecule has 6 heteroatoms. The molecule has 3 aromatic carbocycles. The monoisotopic (exact) mass is 464 g/mol. The van der Waals surface area contributed by atoms with Crippen molar-refractivity contribution in [2.75, 3.05) is 0 Å². The summed E-state index contributed by atoms with van der Waals surface area (Å²) in [4.78, 5) is 15.0. The van der Waals surface area contributed by atoms with E-state index in [0.29, 0.717) is 11.6 Å².